The zero-order chi connectivity index (χ0) is 32.9. The molecule has 2 spiro atoms. The van der Waals surface area contributed by atoms with E-state index in [0.717, 1.165) is 57.2 Å². The zero-order valence-corrected chi connectivity index (χ0v) is 28.8. The number of hydrogen-bond acceptors (Lipinski definition) is 8. The fraction of sp³-hybridized carbons (Fsp3) is 0.743. The van der Waals surface area contributed by atoms with Gasteiger partial charge in [-0.05, 0) is 86.2 Å². The van der Waals surface area contributed by atoms with Gasteiger partial charge in [-0.25, -0.2) is 9.78 Å². The molecule has 1 N–H and O–H groups in total. The number of carboxylic acid groups (broad SMARTS) is 1. The molecule has 252 valence electrons. The van der Waals surface area contributed by atoms with E-state index in [9.17, 15) is 14.7 Å². The summed E-state index contributed by atoms with van der Waals surface area (Å²) in [5, 5.41) is 18.7. The Kier molecular flexibility index (Phi) is 8.83. The maximum absolute atomic E-state index is 13.5. The van der Waals surface area contributed by atoms with E-state index in [1.165, 1.54) is 0 Å². The molecule has 6 rings (SSSR count). The van der Waals surface area contributed by atoms with Gasteiger partial charge in [0.2, 0.25) is 0 Å². The van der Waals surface area contributed by atoms with E-state index in [1.54, 1.807) is 6.20 Å². The molecule has 3 aliphatic heterocycles. The van der Waals surface area contributed by atoms with Crippen molar-refractivity contribution in [2.45, 2.75) is 110 Å². The molecule has 2 saturated carbocycles. The minimum atomic E-state index is -0.973. The van der Waals surface area contributed by atoms with Crippen LogP contribution in [0, 0.1) is 28.6 Å². The zero-order valence-electron chi connectivity index (χ0n) is 28.1. The highest BCUT2D eigenvalue weighted by atomic mass is 35.5. The Hall–Kier alpha value is -2.88. The lowest BCUT2D eigenvalue weighted by Crippen LogP contribution is -2.51. The maximum Gasteiger partial charge on any atom is 0.353 e. The number of aliphatic carboxylic acids is 1. The number of anilines is 1. The van der Waals surface area contributed by atoms with E-state index < -0.39 is 17.2 Å². The number of carbonyl (C=O) groups excluding carboxylic acids is 1. The number of hydrogen-bond donors (Lipinski definition) is 1. The summed E-state index contributed by atoms with van der Waals surface area (Å²) in [6, 6.07) is 3.66. The lowest BCUT2D eigenvalue weighted by Gasteiger charge is -2.50. The van der Waals surface area contributed by atoms with Crippen LogP contribution in [0.3, 0.4) is 0 Å². The number of oxime groups is 2. The van der Waals surface area contributed by atoms with Crippen LogP contribution in [0.5, 0.6) is 0 Å². The van der Waals surface area contributed by atoms with E-state index in [4.69, 9.17) is 21.3 Å². The summed E-state index contributed by atoms with van der Waals surface area (Å²) in [5.41, 5.74) is -0.0144. The second kappa shape index (κ2) is 12.3. The second-order valence-electron chi connectivity index (χ2n) is 16.3. The number of carbonyl (C=O) groups is 2. The first-order chi connectivity index (χ1) is 21.7. The van der Waals surface area contributed by atoms with Gasteiger partial charge >= 0.3 is 5.97 Å². The van der Waals surface area contributed by atoms with Gasteiger partial charge in [0.15, 0.2) is 5.71 Å². The monoisotopic (exact) mass is 655 g/mol. The van der Waals surface area contributed by atoms with Gasteiger partial charge in [0.1, 0.15) is 22.7 Å². The highest BCUT2D eigenvalue weighted by Crippen LogP contribution is 2.55. The van der Waals surface area contributed by atoms with Crippen molar-refractivity contribution >= 4 is 40.7 Å². The fourth-order valence-electron chi connectivity index (χ4n) is 8.86. The molecule has 1 aromatic heterocycles. The first-order valence-corrected chi connectivity index (χ1v) is 17.5. The molecule has 4 heterocycles. The molecule has 2 aliphatic carbocycles. The van der Waals surface area contributed by atoms with E-state index in [-0.39, 0.29) is 28.4 Å². The summed E-state index contributed by atoms with van der Waals surface area (Å²) in [4.78, 5) is 45.8. The third-order valence-corrected chi connectivity index (χ3v) is 12.3. The van der Waals surface area contributed by atoms with E-state index in [0.29, 0.717) is 61.6 Å². The molecule has 10 nitrogen and oxygen atoms in total. The van der Waals surface area contributed by atoms with Crippen molar-refractivity contribution in [3.05, 3.63) is 23.4 Å². The van der Waals surface area contributed by atoms with Crippen molar-refractivity contribution in [3.63, 3.8) is 0 Å². The Morgan fingerprint density at radius 2 is 1.63 bits per heavy atom. The van der Waals surface area contributed by atoms with Crippen LogP contribution in [0.4, 0.5) is 5.82 Å². The molecular weight excluding hydrogens is 606 g/mol. The topological polar surface area (TPSA) is 117 Å². The molecule has 46 heavy (non-hydrogen) atoms. The third-order valence-electron chi connectivity index (χ3n) is 12.0. The van der Waals surface area contributed by atoms with Gasteiger partial charge in [-0.3, -0.25) is 4.79 Å². The number of piperazine rings is 1. The number of carboxylic acids is 1. The first kappa shape index (κ1) is 33.0. The number of aromatic nitrogens is 1. The van der Waals surface area contributed by atoms with Gasteiger partial charge in [0.05, 0.1) is 5.02 Å². The molecule has 3 unspecified atom stereocenters. The smallest absolute Gasteiger partial charge is 0.353 e. The van der Waals surface area contributed by atoms with Crippen LogP contribution in [-0.2, 0) is 19.3 Å². The Morgan fingerprint density at radius 3 is 2.26 bits per heavy atom. The van der Waals surface area contributed by atoms with Crippen molar-refractivity contribution in [2.24, 2.45) is 38.9 Å². The van der Waals surface area contributed by atoms with Crippen LogP contribution in [0.25, 0.3) is 0 Å². The molecule has 3 fully saturated rings. The van der Waals surface area contributed by atoms with Gasteiger partial charge in [-0.2, -0.15) is 0 Å². The maximum atomic E-state index is 13.5. The molecule has 0 aromatic carbocycles. The Balaban J connectivity index is 1.04. The van der Waals surface area contributed by atoms with Gasteiger partial charge in [-0.1, -0.05) is 56.5 Å². The van der Waals surface area contributed by atoms with Crippen molar-refractivity contribution in [2.75, 3.05) is 31.1 Å². The fourth-order valence-corrected chi connectivity index (χ4v) is 9.10. The van der Waals surface area contributed by atoms with Crippen LogP contribution < -0.4 is 4.90 Å². The van der Waals surface area contributed by atoms with Gasteiger partial charge in [-0.15, -0.1) is 0 Å². The van der Waals surface area contributed by atoms with Crippen molar-refractivity contribution < 1.29 is 24.4 Å². The number of amides is 1. The Morgan fingerprint density at radius 1 is 0.957 bits per heavy atom. The van der Waals surface area contributed by atoms with E-state index in [1.807, 2.05) is 17.0 Å². The summed E-state index contributed by atoms with van der Waals surface area (Å²) in [5.74, 6) is 1.04. The highest BCUT2D eigenvalue weighted by molar-refractivity contribution is 6.39. The summed E-state index contributed by atoms with van der Waals surface area (Å²) in [6.45, 7) is 14.2. The summed E-state index contributed by atoms with van der Waals surface area (Å²) >= 11 is 6.35. The van der Waals surface area contributed by atoms with Crippen molar-refractivity contribution in [1.82, 2.24) is 9.88 Å². The molecule has 0 bridgehead atoms. The molecular formula is C35H50ClN5O5. The van der Waals surface area contributed by atoms with Crippen LogP contribution >= 0.6 is 11.6 Å². The second-order valence-corrected chi connectivity index (χ2v) is 16.7. The SMILES string of the molecule is CC(C)(C)C1CCC2(CC(C(=O)O)=NO2)C(CC(C)(C)C2CCC3(CC2)CC(C(=O)N2CCN(c4ncccc4Cl)CC2)=NO3)C1. The molecule has 11 heteroatoms. The number of halogens is 1. The molecule has 1 saturated heterocycles. The van der Waals surface area contributed by atoms with Crippen LogP contribution in [0.2, 0.25) is 5.02 Å². The van der Waals surface area contributed by atoms with Crippen LogP contribution in [0.1, 0.15) is 98.8 Å². The summed E-state index contributed by atoms with van der Waals surface area (Å²) < 4.78 is 0. The Bertz CT molecular complexity index is 1390. The quantitative estimate of drug-likeness (QED) is 0.369. The van der Waals surface area contributed by atoms with Gasteiger partial charge < -0.3 is 24.6 Å². The average molecular weight is 656 g/mol. The van der Waals surface area contributed by atoms with E-state index >= 15 is 0 Å². The predicted octanol–water partition coefficient (Wildman–Crippen LogP) is 6.57. The lowest BCUT2D eigenvalue weighted by atomic mass is 9.57. The van der Waals surface area contributed by atoms with Crippen LogP contribution in [-0.4, -0.2) is 75.7 Å². The number of pyridine rings is 1. The van der Waals surface area contributed by atoms with Gasteiger partial charge in [0.25, 0.3) is 5.91 Å². The lowest BCUT2D eigenvalue weighted by molar-refractivity contribution is -0.129. The number of rotatable bonds is 6. The number of nitrogens with zero attached hydrogens (tertiary/aromatic N) is 5. The largest absolute Gasteiger partial charge is 0.477 e. The first-order valence-electron chi connectivity index (χ1n) is 17.1. The normalized spacial score (nSPS) is 31.8. The minimum absolute atomic E-state index is 0.0263. The summed E-state index contributed by atoms with van der Waals surface area (Å²) in [6.07, 6.45) is 10.3. The minimum Gasteiger partial charge on any atom is -0.477 e. The molecule has 1 amide bonds. The van der Waals surface area contributed by atoms with Crippen LogP contribution in [0.15, 0.2) is 28.6 Å². The Labute approximate surface area is 277 Å². The van der Waals surface area contributed by atoms with E-state index in [2.05, 4.69) is 54.8 Å². The predicted molar refractivity (Wildman–Crippen MR) is 178 cm³/mol. The average Bonchev–Trinajstić information content (AvgIpc) is 3.63. The highest BCUT2D eigenvalue weighted by Gasteiger charge is 2.55. The third kappa shape index (κ3) is 6.47. The molecule has 0 radical (unpaired) electrons. The molecule has 1 aromatic rings. The van der Waals surface area contributed by atoms with Gasteiger partial charge in [0, 0.05) is 51.1 Å². The summed E-state index contributed by atoms with van der Waals surface area (Å²) in [7, 11) is 0. The standard InChI is InChI=1S/C35H50ClN5O5/c1-32(2,3)24-10-13-35(22-28(31(43)44)39-46-35)25(19-24)20-33(4,5)23-8-11-34(12-9-23)21-27(38-45-34)30(42)41-17-15-40(16-18-41)29-26(36)7-6-14-37-29/h6-7,14,23-25H,8-13,15-22H2,1-5H3,(H,43,44). The van der Waals surface area contributed by atoms with Crippen molar-refractivity contribution in [1.29, 1.82) is 0 Å². The molecule has 3 atom stereocenters. The molecule has 5 aliphatic rings. The van der Waals surface area contributed by atoms with Crippen molar-refractivity contribution in [3.8, 4) is 0 Å².